The van der Waals surface area contributed by atoms with Gasteiger partial charge in [-0.2, -0.15) is 17.0 Å². The van der Waals surface area contributed by atoms with E-state index < -0.39 is 16.3 Å². The van der Waals surface area contributed by atoms with Gasteiger partial charge in [-0.1, -0.05) is 0 Å². The monoisotopic (exact) mass is 400 g/mol. The fourth-order valence-corrected chi connectivity index (χ4v) is 3.84. The minimum absolute atomic E-state index is 0.135. The highest BCUT2D eigenvalue weighted by Gasteiger charge is 2.29. The van der Waals surface area contributed by atoms with E-state index in [0.29, 0.717) is 44.2 Å². The third kappa shape index (κ3) is 6.43. The maximum atomic E-state index is 12.1. The molecule has 0 bridgehead atoms. The second-order valence-corrected chi connectivity index (χ2v) is 8.80. The molecule has 9 nitrogen and oxygen atoms in total. The van der Waals surface area contributed by atoms with Gasteiger partial charge >= 0.3 is 0 Å². The molecule has 0 spiro atoms. The number of nitrogens with one attached hydrogen (secondary N) is 1. The van der Waals surface area contributed by atoms with Crippen molar-refractivity contribution in [3.63, 3.8) is 0 Å². The fourth-order valence-electron chi connectivity index (χ4n) is 2.75. The predicted molar refractivity (Wildman–Crippen MR) is 103 cm³/mol. The molecular weight excluding hydrogens is 372 g/mol. The summed E-state index contributed by atoms with van der Waals surface area (Å²) in [5.74, 6) is 0.461. The van der Waals surface area contributed by atoms with Gasteiger partial charge in [0.2, 0.25) is 5.91 Å². The first kappa shape index (κ1) is 21.6. The number of amides is 1. The summed E-state index contributed by atoms with van der Waals surface area (Å²) in [4.78, 5) is 13.0. The van der Waals surface area contributed by atoms with Gasteiger partial charge < -0.3 is 15.2 Å². The van der Waals surface area contributed by atoms with Crippen LogP contribution in [0.25, 0.3) is 0 Å². The summed E-state index contributed by atoms with van der Waals surface area (Å²) in [5.41, 5.74) is 0.681. The van der Waals surface area contributed by atoms with Crippen LogP contribution in [0.3, 0.4) is 0 Å². The van der Waals surface area contributed by atoms with E-state index in [9.17, 15) is 18.3 Å². The number of rotatable bonds is 8. The number of benzene rings is 1. The molecule has 0 aliphatic carbocycles. The van der Waals surface area contributed by atoms with Gasteiger partial charge in [0, 0.05) is 59.4 Å². The van der Waals surface area contributed by atoms with E-state index >= 15 is 0 Å². The highest BCUT2D eigenvalue weighted by molar-refractivity contribution is 7.86. The van der Waals surface area contributed by atoms with Crippen molar-refractivity contribution in [2.24, 2.45) is 0 Å². The zero-order valence-corrected chi connectivity index (χ0v) is 16.8. The van der Waals surface area contributed by atoms with Crippen LogP contribution in [-0.2, 0) is 15.0 Å². The summed E-state index contributed by atoms with van der Waals surface area (Å²) in [6.07, 6.45) is -0.683. The SMILES string of the molecule is CC(=O)Nc1ccc(OC[C@H](O)CN2CCN(S(=O)(=O)N(C)C)CC2)cc1. The van der Waals surface area contributed by atoms with Crippen LogP contribution in [0.5, 0.6) is 5.75 Å². The smallest absolute Gasteiger partial charge is 0.281 e. The zero-order valence-electron chi connectivity index (χ0n) is 16.0. The van der Waals surface area contributed by atoms with Crippen LogP contribution in [0.2, 0.25) is 0 Å². The molecule has 2 rings (SSSR count). The molecule has 1 fully saturated rings. The average Bonchev–Trinajstić information content (AvgIpc) is 2.61. The number of nitrogens with zero attached hydrogens (tertiary/aromatic N) is 3. The molecule has 1 aliphatic rings. The Labute approximate surface area is 160 Å². The zero-order chi connectivity index (χ0) is 20.0. The summed E-state index contributed by atoms with van der Waals surface area (Å²) in [5, 5.41) is 12.9. The van der Waals surface area contributed by atoms with E-state index in [-0.39, 0.29) is 12.5 Å². The predicted octanol–water partition coefficient (Wildman–Crippen LogP) is -0.191. The van der Waals surface area contributed by atoms with E-state index in [1.54, 1.807) is 24.3 Å². The highest BCUT2D eigenvalue weighted by Crippen LogP contribution is 2.16. The molecule has 1 aromatic carbocycles. The lowest BCUT2D eigenvalue weighted by molar-refractivity contribution is -0.114. The van der Waals surface area contributed by atoms with E-state index in [1.807, 2.05) is 4.90 Å². The quantitative estimate of drug-likeness (QED) is 0.627. The van der Waals surface area contributed by atoms with E-state index in [1.165, 1.54) is 29.6 Å². The molecule has 2 N–H and O–H groups in total. The molecule has 0 unspecified atom stereocenters. The number of anilines is 1. The van der Waals surface area contributed by atoms with Crippen molar-refractivity contribution in [3.05, 3.63) is 24.3 Å². The van der Waals surface area contributed by atoms with Crippen LogP contribution >= 0.6 is 0 Å². The molecule has 1 saturated heterocycles. The lowest BCUT2D eigenvalue weighted by atomic mass is 10.3. The number of carbonyl (C=O) groups excluding carboxylic acids is 1. The second kappa shape index (κ2) is 9.47. The topological polar surface area (TPSA) is 102 Å². The normalized spacial score (nSPS) is 17.7. The first-order chi connectivity index (χ1) is 12.7. The van der Waals surface area contributed by atoms with Crippen molar-refractivity contribution in [1.29, 1.82) is 0 Å². The molecule has 0 aromatic heterocycles. The van der Waals surface area contributed by atoms with Crippen molar-refractivity contribution in [2.45, 2.75) is 13.0 Å². The van der Waals surface area contributed by atoms with Crippen molar-refractivity contribution >= 4 is 21.8 Å². The first-order valence-electron chi connectivity index (χ1n) is 8.77. The standard InChI is InChI=1S/C17H28N4O5S/c1-14(22)18-15-4-6-17(7-5-15)26-13-16(23)12-20-8-10-21(11-9-20)27(24,25)19(2)3/h4-7,16,23H,8-13H2,1-3H3,(H,18,22)/t16-/m1/s1. The van der Waals surface area contributed by atoms with Gasteiger partial charge in [0.15, 0.2) is 0 Å². The summed E-state index contributed by atoms with van der Waals surface area (Å²) in [6.45, 7) is 3.93. The van der Waals surface area contributed by atoms with Crippen molar-refractivity contribution in [1.82, 2.24) is 13.5 Å². The van der Waals surface area contributed by atoms with Crippen molar-refractivity contribution in [2.75, 3.05) is 58.7 Å². The van der Waals surface area contributed by atoms with Crippen LogP contribution in [0.1, 0.15) is 6.92 Å². The average molecular weight is 401 g/mol. The maximum absolute atomic E-state index is 12.1. The minimum atomic E-state index is -3.38. The number of aliphatic hydroxyl groups is 1. The van der Waals surface area contributed by atoms with Crippen LogP contribution in [-0.4, -0.2) is 92.5 Å². The van der Waals surface area contributed by atoms with Crippen LogP contribution < -0.4 is 10.1 Å². The molecule has 1 amide bonds. The molecule has 10 heteroatoms. The molecular formula is C17H28N4O5S. The Balaban J connectivity index is 1.74. The molecule has 0 radical (unpaired) electrons. The van der Waals surface area contributed by atoms with Crippen LogP contribution in [0, 0.1) is 0 Å². The molecule has 0 saturated carbocycles. The van der Waals surface area contributed by atoms with Gasteiger partial charge in [-0.25, -0.2) is 0 Å². The Kier molecular flexibility index (Phi) is 7.57. The Morgan fingerprint density at radius 3 is 2.33 bits per heavy atom. The lowest BCUT2D eigenvalue weighted by Crippen LogP contribution is -2.53. The molecule has 1 atom stereocenters. The van der Waals surface area contributed by atoms with Gasteiger partial charge in [-0.05, 0) is 24.3 Å². The lowest BCUT2D eigenvalue weighted by Gasteiger charge is -2.35. The van der Waals surface area contributed by atoms with Gasteiger partial charge in [0.05, 0.1) is 0 Å². The Hall–Kier alpha value is -1.72. The van der Waals surface area contributed by atoms with Gasteiger partial charge in [0.1, 0.15) is 18.5 Å². The van der Waals surface area contributed by atoms with Gasteiger partial charge in [-0.3, -0.25) is 9.69 Å². The van der Waals surface area contributed by atoms with Crippen LogP contribution in [0.4, 0.5) is 5.69 Å². The van der Waals surface area contributed by atoms with Crippen molar-refractivity contribution < 1.29 is 23.1 Å². The maximum Gasteiger partial charge on any atom is 0.281 e. The third-order valence-corrected chi connectivity index (χ3v) is 6.15. The molecule has 152 valence electrons. The number of β-amino-alcohol motifs (C(OH)–C–C–N with tert-alkyl or cyclic N) is 1. The van der Waals surface area contributed by atoms with Crippen LogP contribution in [0.15, 0.2) is 24.3 Å². The van der Waals surface area contributed by atoms with Crippen molar-refractivity contribution in [3.8, 4) is 5.75 Å². The number of aliphatic hydroxyl groups excluding tert-OH is 1. The second-order valence-electron chi connectivity index (χ2n) is 6.66. The summed E-state index contributed by atoms with van der Waals surface area (Å²) in [7, 11) is -0.344. The highest BCUT2D eigenvalue weighted by atomic mass is 32.2. The fraction of sp³-hybridized carbons (Fsp3) is 0.588. The first-order valence-corrected chi connectivity index (χ1v) is 10.2. The number of hydrogen-bond acceptors (Lipinski definition) is 6. The van der Waals surface area contributed by atoms with E-state index in [4.69, 9.17) is 4.74 Å². The number of piperazine rings is 1. The summed E-state index contributed by atoms with van der Waals surface area (Å²) >= 11 is 0. The van der Waals surface area contributed by atoms with E-state index in [2.05, 4.69) is 5.32 Å². The number of hydrogen-bond donors (Lipinski definition) is 2. The largest absolute Gasteiger partial charge is 0.491 e. The summed E-state index contributed by atoms with van der Waals surface area (Å²) in [6, 6.07) is 6.91. The van der Waals surface area contributed by atoms with Gasteiger partial charge in [-0.15, -0.1) is 0 Å². The number of carbonyl (C=O) groups is 1. The molecule has 1 heterocycles. The summed E-state index contributed by atoms with van der Waals surface area (Å²) < 4.78 is 32.4. The van der Waals surface area contributed by atoms with E-state index in [0.717, 1.165) is 0 Å². The third-order valence-electron chi connectivity index (χ3n) is 4.21. The molecule has 1 aromatic rings. The Morgan fingerprint density at radius 1 is 1.22 bits per heavy atom. The van der Waals surface area contributed by atoms with Gasteiger partial charge in [0.25, 0.3) is 10.2 Å². The minimum Gasteiger partial charge on any atom is -0.491 e. The Morgan fingerprint density at radius 2 is 1.81 bits per heavy atom. The molecule has 1 aliphatic heterocycles. The Bertz CT molecular complexity index is 715. The molecule has 27 heavy (non-hydrogen) atoms. The number of ether oxygens (including phenoxy) is 1.